The average Bonchev–Trinajstić information content (AvgIpc) is 2.83. The highest BCUT2D eigenvalue weighted by molar-refractivity contribution is 5.74. The molecule has 0 unspecified atom stereocenters. The van der Waals surface area contributed by atoms with Crippen molar-refractivity contribution in [3.05, 3.63) is 17.0 Å². The molecule has 0 aromatic carbocycles. The van der Waals surface area contributed by atoms with Crippen LogP contribution in [0.15, 0.2) is 4.52 Å². The molecular weight excluding hydrogens is 282 g/mol. The predicted octanol–water partition coefficient (Wildman–Crippen LogP) is 2.61. The minimum absolute atomic E-state index is 0.0263. The molecule has 1 aromatic rings. The molecule has 1 N–H and O–H groups in total. The van der Waals surface area contributed by atoms with E-state index in [0.717, 1.165) is 23.4 Å². The molecule has 6 nitrogen and oxygen atoms in total. The second-order valence-electron chi connectivity index (χ2n) is 6.40. The zero-order chi connectivity index (χ0) is 16.3. The second kappa shape index (κ2) is 6.69. The van der Waals surface area contributed by atoms with Gasteiger partial charge in [-0.1, -0.05) is 19.0 Å². The Labute approximate surface area is 132 Å². The van der Waals surface area contributed by atoms with E-state index in [2.05, 4.69) is 31.2 Å². The highest BCUT2D eigenvalue weighted by Gasteiger charge is 2.32. The van der Waals surface area contributed by atoms with Crippen LogP contribution in [0.2, 0.25) is 0 Å². The van der Waals surface area contributed by atoms with Gasteiger partial charge in [0.05, 0.1) is 24.4 Å². The van der Waals surface area contributed by atoms with Crippen LogP contribution >= 0.6 is 0 Å². The number of aromatic nitrogens is 1. The molecule has 0 radical (unpaired) electrons. The van der Waals surface area contributed by atoms with E-state index in [0.29, 0.717) is 26.2 Å². The molecule has 1 fully saturated rings. The summed E-state index contributed by atoms with van der Waals surface area (Å²) in [6.45, 7) is 12.5. The molecule has 22 heavy (non-hydrogen) atoms. The Morgan fingerprint density at radius 2 is 2.23 bits per heavy atom. The molecule has 2 atom stereocenters. The summed E-state index contributed by atoms with van der Waals surface area (Å²) in [4.78, 5) is 14.2. The Morgan fingerprint density at radius 1 is 1.50 bits per heavy atom. The Hall–Kier alpha value is -1.56. The van der Waals surface area contributed by atoms with Crippen molar-refractivity contribution < 1.29 is 14.1 Å². The van der Waals surface area contributed by atoms with Crippen LogP contribution in [0.25, 0.3) is 0 Å². The zero-order valence-electron chi connectivity index (χ0n) is 14.2. The van der Waals surface area contributed by atoms with E-state index >= 15 is 0 Å². The van der Waals surface area contributed by atoms with Gasteiger partial charge in [-0.25, -0.2) is 4.79 Å². The van der Waals surface area contributed by atoms with Crippen LogP contribution < -0.4 is 5.32 Å². The average molecular weight is 309 g/mol. The number of rotatable bonds is 4. The van der Waals surface area contributed by atoms with Gasteiger partial charge in [0.15, 0.2) is 0 Å². The van der Waals surface area contributed by atoms with E-state index in [1.54, 1.807) is 0 Å². The fourth-order valence-corrected chi connectivity index (χ4v) is 2.97. The molecule has 0 bridgehead atoms. The second-order valence-corrected chi connectivity index (χ2v) is 6.40. The lowest BCUT2D eigenvalue weighted by Gasteiger charge is -2.40. The molecule has 2 heterocycles. The van der Waals surface area contributed by atoms with E-state index in [1.165, 1.54) is 0 Å². The van der Waals surface area contributed by atoms with Gasteiger partial charge in [-0.05, 0) is 27.2 Å². The number of carbonyl (C=O) groups is 1. The molecule has 124 valence electrons. The standard InChI is InChI=1S/C16H27N3O3/c1-6-16(5)10-19(7-8-21-16)15(20)17-9-11(2)14-12(3)18-22-13(14)4/h11H,6-10H2,1-5H3,(H,17,20)/t11-,16-/m1/s1. The van der Waals surface area contributed by atoms with Gasteiger partial charge in [-0.3, -0.25) is 0 Å². The number of nitrogens with zero attached hydrogens (tertiary/aromatic N) is 2. The van der Waals surface area contributed by atoms with Gasteiger partial charge in [0, 0.05) is 24.6 Å². The minimum atomic E-state index is -0.233. The number of aryl methyl sites for hydroxylation is 2. The monoisotopic (exact) mass is 309 g/mol. The van der Waals surface area contributed by atoms with E-state index in [-0.39, 0.29) is 17.6 Å². The van der Waals surface area contributed by atoms with Crippen molar-refractivity contribution in [1.29, 1.82) is 0 Å². The number of ether oxygens (including phenoxy) is 1. The van der Waals surface area contributed by atoms with Gasteiger partial charge in [-0.2, -0.15) is 0 Å². The molecule has 0 saturated carbocycles. The quantitative estimate of drug-likeness (QED) is 0.928. The number of nitrogens with one attached hydrogen (secondary N) is 1. The number of carbonyl (C=O) groups excluding carboxylic acids is 1. The molecule has 0 aliphatic carbocycles. The third-order valence-electron chi connectivity index (χ3n) is 4.51. The van der Waals surface area contributed by atoms with Gasteiger partial charge in [-0.15, -0.1) is 0 Å². The van der Waals surface area contributed by atoms with Gasteiger partial charge < -0.3 is 19.5 Å². The maximum atomic E-state index is 12.4. The molecule has 2 amide bonds. The number of urea groups is 1. The van der Waals surface area contributed by atoms with Crippen LogP contribution in [-0.2, 0) is 4.74 Å². The Kier molecular flexibility index (Phi) is 5.11. The number of hydrogen-bond acceptors (Lipinski definition) is 4. The molecule has 1 aromatic heterocycles. The lowest BCUT2D eigenvalue weighted by atomic mass is 9.99. The van der Waals surface area contributed by atoms with Crippen molar-refractivity contribution in [2.75, 3.05) is 26.2 Å². The molecular formula is C16H27N3O3. The lowest BCUT2D eigenvalue weighted by molar-refractivity contribution is -0.0872. The first-order chi connectivity index (χ1) is 10.4. The first-order valence-electron chi connectivity index (χ1n) is 7.96. The third kappa shape index (κ3) is 3.61. The summed E-state index contributed by atoms with van der Waals surface area (Å²) in [7, 11) is 0. The van der Waals surface area contributed by atoms with E-state index < -0.39 is 0 Å². The molecule has 1 saturated heterocycles. The van der Waals surface area contributed by atoms with E-state index in [9.17, 15) is 4.79 Å². The summed E-state index contributed by atoms with van der Waals surface area (Å²) in [5.41, 5.74) is 1.74. The van der Waals surface area contributed by atoms with Gasteiger partial charge >= 0.3 is 6.03 Å². The van der Waals surface area contributed by atoms with Gasteiger partial charge in [0.2, 0.25) is 0 Å². The molecule has 1 aliphatic rings. The first kappa shape index (κ1) is 16.8. The summed E-state index contributed by atoms with van der Waals surface area (Å²) in [6, 6.07) is -0.0263. The fourth-order valence-electron chi connectivity index (χ4n) is 2.97. The van der Waals surface area contributed by atoms with Crippen molar-refractivity contribution in [3.8, 4) is 0 Å². The number of amides is 2. The van der Waals surface area contributed by atoms with E-state index in [1.807, 2.05) is 18.7 Å². The summed E-state index contributed by atoms with van der Waals surface area (Å²) in [6.07, 6.45) is 0.895. The summed E-state index contributed by atoms with van der Waals surface area (Å²) >= 11 is 0. The van der Waals surface area contributed by atoms with Crippen molar-refractivity contribution in [1.82, 2.24) is 15.4 Å². The van der Waals surface area contributed by atoms with Crippen LogP contribution in [0.5, 0.6) is 0 Å². The Balaban J connectivity index is 1.90. The normalized spacial score (nSPS) is 23.4. The SMILES string of the molecule is CC[C@]1(C)CN(C(=O)NC[C@@H](C)c2c(C)noc2C)CCO1. The Morgan fingerprint density at radius 3 is 2.82 bits per heavy atom. The third-order valence-corrected chi connectivity index (χ3v) is 4.51. The van der Waals surface area contributed by atoms with Crippen LogP contribution in [-0.4, -0.2) is 47.9 Å². The Bertz CT molecular complexity index is 509. The lowest BCUT2D eigenvalue weighted by Crippen LogP contribution is -2.54. The van der Waals surface area contributed by atoms with Crippen LogP contribution in [0, 0.1) is 13.8 Å². The first-order valence-corrected chi connectivity index (χ1v) is 7.96. The van der Waals surface area contributed by atoms with Gasteiger partial charge in [0.1, 0.15) is 5.76 Å². The zero-order valence-corrected chi connectivity index (χ0v) is 14.2. The smallest absolute Gasteiger partial charge is 0.317 e. The summed E-state index contributed by atoms with van der Waals surface area (Å²) in [5, 5.41) is 6.99. The largest absolute Gasteiger partial charge is 0.372 e. The number of morpholine rings is 1. The van der Waals surface area contributed by atoms with Crippen molar-refractivity contribution in [2.24, 2.45) is 0 Å². The highest BCUT2D eigenvalue weighted by atomic mass is 16.5. The minimum Gasteiger partial charge on any atom is -0.372 e. The summed E-state index contributed by atoms with van der Waals surface area (Å²) in [5.74, 6) is 0.998. The predicted molar refractivity (Wildman–Crippen MR) is 84.0 cm³/mol. The van der Waals surface area contributed by atoms with E-state index in [4.69, 9.17) is 9.26 Å². The van der Waals surface area contributed by atoms with Crippen molar-refractivity contribution in [3.63, 3.8) is 0 Å². The number of hydrogen-bond donors (Lipinski definition) is 1. The summed E-state index contributed by atoms with van der Waals surface area (Å²) < 4.78 is 11.0. The maximum absolute atomic E-state index is 12.4. The van der Waals surface area contributed by atoms with Crippen LogP contribution in [0.4, 0.5) is 4.79 Å². The van der Waals surface area contributed by atoms with Crippen molar-refractivity contribution >= 4 is 6.03 Å². The molecule has 6 heteroatoms. The molecule has 0 spiro atoms. The molecule has 2 rings (SSSR count). The van der Waals surface area contributed by atoms with Gasteiger partial charge in [0.25, 0.3) is 0 Å². The fraction of sp³-hybridized carbons (Fsp3) is 0.750. The topological polar surface area (TPSA) is 67.6 Å². The van der Waals surface area contributed by atoms with Crippen LogP contribution in [0.3, 0.4) is 0 Å². The highest BCUT2D eigenvalue weighted by Crippen LogP contribution is 2.23. The maximum Gasteiger partial charge on any atom is 0.317 e. The van der Waals surface area contributed by atoms with Crippen LogP contribution in [0.1, 0.15) is 50.1 Å². The van der Waals surface area contributed by atoms with Crippen molar-refractivity contribution in [2.45, 2.75) is 52.6 Å². The molecule has 1 aliphatic heterocycles.